The summed E-state index contributed by atoms with van der Waals surface area (Å²) in [6, 6.07) is 0. The molecule has 1 fully saturated rings. The molecule has 1 aliphatic rings. The van der Waals surface area contributed by atoms with Crippen LogP contribution in [0, 0.1) is 5.41 Å². The molecule has 0 amide bonds. The number of hydrogen-bond acceptors (Lipinski definition) is 3. The highest BCUT2D eigenvalue weighted by Crippen LogP contribution is 2.30. The Bertz CT molecular complexity index is 282. The lowest BCUT2D eigenvalue weighted by Crippen LogP contribution is -2.56. The first kappa shape index (κ1) is 15.4. The third-order valence-electron chi connectivity index (χ3n) is 4.54. The Morgan fingerprint density at radius 1 is 1.17 bits per heavy atom. The zero-order valence-corrected chi connectivity index (χ0v) is 12.3. The van der Waals surface area contributed by atoms with Crippen LogP contribution in [0.3, 0.4) is 0 Å². The van der Waals surface area contributed by atoms with Crippen molar-refractivity contribution in [3.63, 3.8) is 0 Å². The molecule has 106 valence electrons. The first-order chi connectivity index (χ1) is 8.27. The van der Waals surface area contributed by atoms with E-state index in [4.69, 9.17) is 0 Å². The molecule has 1 saturated heterocycles. The number of nitrogens with one attached hydrogen (secondary N) is 1. The van der Waals surface area contributed by atoms with Crippen LogP contribution in [-0.2, 0) is 4.79 Å². The van der Waals surface area contributed by atoms with Crippen molar-refractivity contribution in [1.82, 2.24) is 10.2 Å². The molecule has 1 heterocycles. The van der Waals surface area contributed by atoms with E-state index >= 15 is 0 Å². The largest absolute Gasteiger partial charge is 0.481 e. The summed E-state index contributed by atoms with van der Waals surface area (Å²) in [6.45, 7) is 11.7. The highest BCUT2D eigenvalue weighted by Gasteiger charge is 2.42. The average Bonchev–Trinajstić information content (AvgIpc) is 2.29. The predicted octanol–water partition coefficient (Wildman–Crippen LogP) is 1.95. The van der Waals surface area contributed by atoms with Crippen LogP contribution in [0.5, 0.6) is 0 Å². The van der Waals surface area contributed by atoms with Gasteiger partial charge in [-0.05, 0) is 53.6 Å². The number of aliphatic carboxylic acids is 1. The number of nitrogens with zero attached hydrogens (tertiary/aromatic N) is 1. The summed E-state index contributed by atoms with van der Waals surface area (Å²) in [5.41, 5.74) is -1.18. The molecule has 4 heteroatoms. The minimum atomic E-state index is -0.769. The lowest BCUT2D eigenvalue weighted by Gasteiger charge is -2.39. The fraction of sp³-hybridized carbons (Fsp3) is 0.929. The standard InChI is InChI=1S/C14H28N2O2/c1-13(2,12(17)18)14(3,4)15-8-11-16-9-6-5-7-10-16/h15H,5-11H2,1-4H3,(H,17,18). The number of carbonyl (C=O) groups is 1. The summed E-state index contributed by atoms with van der Waals surface area (Å²) >= 11 is 0. The van der Waals surface area contributed by atoms with Crippen molar-refractivity contribution in [2.75, 3.05) is 26.2 Å². The molecule has 0 unspecified atom stereocenters. The van der Waals surface area contributed by atoms with Gasteiger partial charge in [0, 0.05) is 18.6 Å². The molecule has 0 atom stereocenters. The molecular weight excluding hydrogens is 228 g/mol. The van der Waals surface area contributed by atoms with Crippen molar-refractivity contribution in [2.45, 2.75) is 52.5 Å². The molecule has 0 radical (unpaired) electrons. The number of carboxylic acid groups (broad SMARTS) is 1. The van der Waals surface area contributed by atoms with Crippen molar-refractivity contribution in [3.8, 4) is 0 Å². The maximum atomic E-state index is 11.3. The molecular formula is C14H28N2O2. The summed E-state index contributed by atoms with van der Waals surface area (Å²) in [7, 11) is 0. The molecule has 4 nitrogen and oxygen atoms in total. The number of carboxylic acids is 1. The van der Waals surface area contributed by atoms with Crippen molar-refractivity contribution in [2.24, 2.45) is 5.41 Å². The molecule has 1 aliphatic heterocycles. The predicted molar refractivity (Wildman–Crippen MR) is 73.8 cm³/mol. The quantitative estimate of drug-likeness (QED) is 0.762. The van der Waals surface area contributed by atoms with E-state index in [1.807, 2.05) is 13.8 Å². The molecule has 18 heavy (non-hydrogen) atoms. The average molecular weight is 256 g/mol. The number of hydrogen-bond donors (Lipinski definition) is 2. The zero-order chi connectivity index (χ0) is 13.8. The minimum absolute atomic E-state index is 0.408. The highest BCUT2D eigenvalue weighted by molar-refractivity contribution is 5.75. The normalized spacial score (nSPS) is 18.9. The molecule has 0 bridgehead atoms. The molecule has 0 aliphatic carbocycles. The molecule has 2 N–H and O–H groups in total. The lowest BCUT2D eigenvalue weighted by molar-refractivity contribution is -0.151. The van der Waals surface area contributed by atoms with Crippen LogP contribution in [0.25, 0.3) is 0 Å². The Kier molecular flexibility index (Phi) is 5.17. The van der Waals surface area contributed by atoms with E-state index < -0.39 is 16.9 Å². The van der Waals surface area contributed by atoms with Gasteiger partial charge in [0.2, 0.25) is 0 Å². The smallest absolute Gasteiger partial charge is 0.310 e. The van der Waals surface area contributed by atoms with Gasteiger partial charge in [-0.2, -0.15) is 0 Å². The molecule has 0 spiro atoms. The van der Waals surface area contributed by atoms with Gasteiger partial charge in [-0.15, -0.1) is 0 Å². The van der Waals surface area contributed by atoms with Gasteiger partial charge in [-0.3, -0.25) is 4.79 Å². The first-order valence-electron chi connectivity index (χ1n) is 6.98. The van der Waals surface area contributed by atoms with Crippen LogP contribution in [0.4, 0.5) is 0 Å². The number of rotatable bonds is 6. The van der Waals surface area contributed by atoms with E-state index in [1.165, 1.54) is 32.4 Å². The van der Waals surface area contributed by atoms with Gasteiger partial charge in [0.05, 0.1) is 5.41 Å². The van der Waals surface area contributed by atoms with Crippen LogP contribution in [0.2, 0.25) is 0 Å². The monoisotopic (exact) mass is 256 g/mol. The van der Waals surface area contributed by atoms with Gasteiger partial charge in [-0.1, -0.05) is 6.42 Å². The van der Waals surface area contributed by atoms with E-state index in [0.717, 1.165) is 13.1 Å². The third-order valence-corrected chi connectivity index (χ3v) is 4.54. The topological polar surface area (TPSA) is 52.6 Å². The summed E-state index contributed by atoms with van der Waals surface area (Å²) in [4.78, 5) is 13.7. The lowest BCUT2D eigenvalue weighted by atomic mass is 9.74. The maximum Gasteiger partial charge on any atom is 0.310 e. The van der Waals surface area contributed by atoms with Crippen LogP contribution in [-0.4, -0.2) is 47.7 Å². The molecule has 0 aromatic carbocycles. The van der Waals surface area contributed by atoms with Gasteiger partial charge < -0.3 is 15.3 Å². The Labute approximate surface area is 111 Å². The van der Waals surface area contributed by atoms with Crippen molar-refractivity contribution in [1.29, 1.82) is 0 Å². The van der Waals surface area contributed by atoms with Gasteiger partial charge in [0.25, 0.3) is 0 Å². The SMILES string of the molecule is CC(C)(NCCN1CCCCC1)C(C)(C)C(=O)O. The van der Waals surface area contributed by atoms with Crippen LogP contribution < -0.4 is 5.32 Å². The second-order valence-corrected chi connectivity index (χ2v) is 6.38. The fourth-order valence-corrected chi connectivity index (χ4v) is 2.20. The summed E-state index contributed by atoms with van der Waals surface area (Å²) in [5, 5.41) is 12.7. The second-order valence-electron chi connectivity index (χ2n) is 6.38. The molecule has 1 rings (SSSR count). The summed E-state index contributed by atoms with van der Waals surface area (Å²) in [5.74, 6) is -0.752. The first-order valence-corrected chi connectivity index (χ1v) is 6.98. The van der Waals surface area contributed by atoms with Gasteiger partial charge in [0.15, 0.2) is 0 Å². The molecule has 0 aromatic heterocycles. The maximum absolute atomic E-state index is 11.3. The van der Waals surface area contributed by atoms with Crippen LogP contribution in [0.15, 0.2) is 0 Å². The van der Waals surface area contributed by atoms with Gasteiger partial charge in [0.1, 0.15) is 0 Å². The molecule has 0 aromatic rings. The van der Waals surface area contributed by atoms with E-state index in [2.05, 4.69) is 10.2 Å². The third kappa shape index (κ3) is 3.69. The Morgan fingerprint density at radius 2 is 1.72 bits per heavy atom. The zero-order valence-electron chi connectivity index (χ0n) is 12.3. The summed E-state index contributed by atoms with van der Waals surface area (Å²) < 4.78 is 0. The van der Waals surface area contributed by atoms with E-state index in [-0.39, 0.29) is 0 Å². The minimum Gasteiger partial charge on any atom is -0.481 e. The van der Waals surface area contributed by atoms with Crippen molar-refractivity contribution < 1.29 is 9.90 Å². The summed E-state index contributed by atoms with van der Waals surface area (Å²) in [6.07, 6.45) is 3.94. The fourth-order valence-electron chi connectivity index (χ4n) is 2.20. The van der Waals surface area contributed by atoms with Crippen molar-refractivity contribution in [3.05, 3.63) is 0 Å². The second kappa shape index (κ2) is 6.02. The van der Waals surface area contributed by atoms with Crippen molar-refractivity contribution >= 4 is 5.97 Å². The van der Waals surface area contributed by atoms with E-state index in [1.54, 1.807) is 13.8 Å². The van der Waals surface area contributed by atoms with Gasteiger partial charge in [-0.25, -0.2) is 0 Å². The van der Waals surface area contributed by atoms with Crippen LogP contribution >= 0.6 is 0 Å². The van der Waals surface area contributed by atoms with E-state index in [0.29, 0.717) is 0 Å². The Morgan fingerprint density at radius 3 is 2.22 bits per heavy atom. The van der Waals surface area contributed by atoms with E-state index in [9.17, 15) is 9.90 Å². The van der Waals surface area contributed by atoms with Crippen LogP contribution in [0.1, 0.15) is 47.0 Å². The highest BCUT2D eigenvalue weighted by atomic mass is 16.4. The Balaban J connectivity index is 2.39. The van der Waals surface area contributed by atoms with Gasteiger partial charge >= 0.3 is 5.97 Å². The number of likely N-dealkylation sites (tertiary alicyclic amines) is 1. The Hall–Kier alpha value is -0.610. The molecule has 0 saturated carbocycles. The number of piperidine rings is 1.